The molecule has 0 aromatic heterocycles. The molecule has 634 valence electrons. The Hall–Kier alpha value is -8.58. The van der Waals surface area contributed by atoms with E-state index in [1.807, 2.05) is 72.8 Å². The van der Waals surface area contributed by atoms with E-state index in [-0.39, 0.29) is 53.9 Å². The number of carbonyl (C=O) groups excluding carboxylic acids is 3. The Morgan fingerprint density at radius 1 is 0.438 bits per heavy atom. The average Bonchev–Trinajstić information content (AvgIpc) is 1.67. The molecule has 5 atom stereocenters. The van der Waals surface area contributed by atoms with E-state index in [0.717, 1.165) is 151 Å². The number of phenols is 1. The number of nitrogens with one attached hydrogen (secondary N) is 1. The van der Waals surface area contributed by atoms with Gasteiger partial charge in [0.25, 0.3) is 0 Å². The summed E-state index contributed by atoms with van der Waals surface area (Å²) in [6, 6.07) is 49.4. The maximum absolute atomic E-state index is 14.5. The van der Waals surface area contributed by atoms with Crippen molar-refractivity contribution in [2.75, 3.05) is 38.9 Å². The lowest BCUT2D eigenvalue weighted by molar-refractivity contribution is -0.140. The number of aldehydes is 3. The van der Waals surface area contributed by atoms with Crippen LogP contribution in [0.1, 0.15) is 183 Å². The fourth-order valence-corrected chi connectivity index (χ4v) is 17.6. The van der Waals surface area contributed by atoms with Crippen LogP contribution in [-0.2, 0) is 37.0 Å². The quantitative estimate of drug-likeness (QED) is 0.0227. The van der Waals surface area contributed by atoms with Gasteiger partial charge in [-0.3, -0.25) is 24.5 Å². The monoisotopic (exact) mass is 1910 g/mol. The number of aliphatic hydroxyl groups is 2. The molecule has 0 aliphatic heterocycles. The minimum atomic E-state index is -1.14. The number of carboxylic acid groups (broad SMARTS) is 1. The van der Waals surface area contributed by atoms with Crippen LogP contribution in [0.25, 0.3) is 22.3 Å². The third-order valence-electron chi connectivity index (χ3n) is 22.3. The van der Waals surface area contributed by atoms with Crippen molar-refractivity contribution < 1.29 is 81.5 Å². The summed E-state index contributed by atoms with van der Waals surface area (Å²) in [5, 5.41) is 40.9. The van der Waals surface area contributed by atoms with Gasteiger partial charge in [-0.15, -0.1) is 0 Å². The Morgan fingerprint density at radius 2 is 0.777 bits per heavy atom. The van der Waals surface area contributed by atoms with E-state index >= 15 is 0 Å². The summed E-state index contributed by atoms with van der Waals surface area (Å²) in [4.78, 5) is 44.8. The van der Waals surface area contributed by atoms with Crippen molar-refractivity contribution in [1.29, 1.82) is 0 Å². The summed E-state index contributed by atoms with van der Waals surface area (Å²) in [5.41, 5.74) is 13.7. The van der Waals surface area contributed by atoms with E-state index in [1.165, 1.54) is 72.0 Å². The lowest BCUT2D eigenvalue weighted by Gasteiger charge is -2.20. The molecule has 0 heterocycles. The molecule has 121 heavy (non-hydrogen) atoms. The fraction of sp³-hybridized carbons (Fsp3) is 0.333. The number of benzene rings is 10. The highest BCUT2D eigenvalue weighted by atomic mass is 79.9. The van der Waals surface area contributed by atoms with Gasteiger partial charge in [-0.2, -0.15) is 0 Å². The van der Waals surface area contributed by atoms with Gasteiger partial charge in [-0.1, -0.05) is 191 Å². The SMILES string of the molecule is BrCC1CC1.CO.O=C(O)[C@H](CO)NCc1cc(Cl)c(O[C@H]2CCc3c(-c4ccccc4F)cccc32)cc1OCC1CC1.O=Cc1cc(Cl)c(O[C@H]2CCc3c(-c4ccccc4F)cccc32)cc1OCC1CC1.O=Cc1cc(Cl)c(O[C@H]2CCc3c(Br)cccc32)cc1O.O=Cc1cc(Cl)c(O[C@H]2CCc3c(Br)cccc32)cc1OCC1CC1. The van der Waals surface area contributed by atoms with Gasteiger partial charge in [-0.05, 0) is 231 Å². The predicted octanol–water partition coefficient (Wildman–Crippen LogP) is 24.2. The molecule has 0 spiro atoms. The second-order valence-electron chi connectivity index (χ2n) is 30.9. The van der Waals surface area contributed by atoms with Crippen LogP contribution < -0.4 is 38.5 Å². The lowest BCUT2D eigenvalue weighted by atomic mass is 9.96. The number of ether oxygens (including phenoxy) is 7. The molecule has 5 N–H and O–H groups in total. The molecular weight excluding hydrogens is 1830 g/mol. The van der Waals surface area contributed by atoms with Crippen molar-refractivity contribution in [3.8, 4) is 68.2 Å². The van der Waals surface area contributed by atoms with Crippen molar-refractivity contribution in [1.82, 2.24) is 5.32 Å². The zero-order valence-corrected chi connectivity index (χ0v) is 74.1. The van der Waals surface area contributed by atoms with Crippen molar-refractivity contribution in [2.45, 2.75) is 140 Å². The maximum Gasteiger partial charge on any atom is 0.323 e. The summed E-state index contributed by atoms with van der Waals surface area (Å²) in [5.74, 6) is 4.54. The van der Waals surface area contributed by atoms with Gasteiger partial charge in [0, 0.05) is 68.9 Å². The predicted molar refractivity (Wildman–Crippen MR) is 477 cm³/mol. The molecule has 0 unspecified atom stereocenters. The zero-order valence-electron chi connectivity index (χ0n) is 66.3. The summed E-state index contributed by atoms with van der Waals surface area (Å²) in [6.45, 7) is 1.43. The fourth-order valence-electron chi connectivity index (χ4n) is 15.0. The minimum absolute atomic E-state index is 0.0386. The topological polar surface area (TPSA) is 226 Å². The summed E-state index contributed by atoms with van der Waals surface area (Å²) < 4.78 is 73.7. The molecule has 10 aromatic carbocycles. The van der Waals surface area contributed by atoms with Gasteiger partial charge < -0.3 is 53.6 Å². The largest absolute Gasteiger partial charge is 0.507 e. The van der Waals surface area contributed by atoms with Crippen LogP contribution in [0.3, 0.4) is 0 Å². The van der Waals surface area contributed by atoms with Crippen LogP contribution in [0, 0.1) is 35.3 Å². The first-order valence-corrected chi connectivity index (χ1v) is 44.8. The van der Waals surface area contributed by atoms with Gasteiger partial charge in [0.05, 0.1) is 63.2 Å². The number of aliphatic carboxylic acids is 1. The van der Waals surface area contributed by atoms with Gasteiger partial charge in [-0.25, -0.2) is 8.78 Å². The Balaban J connectivity index is 0.000000138. The molecule has 16 nitrogen and oxygen atoms in total. The first-order chi connectivity index (χ1) is 58.8. The number of alkyl halides is 1. The maximum atomic E-state index is 14.5. The zero-order chi connectivity index (χ0) is 85.4. The minimum Gasteiger partial charge on any atom is -0.507 e. The summed E-state index contributed by atoms with van der Waals surface area (Å²) in [7, 11) is 1.00. The molecule has 0 amide bonds. The van der Waals surface area contributed by atoms with Gasteiger partial charge >= 0.3 is 5.97 Å². The van der Waals surface area contributed by atoms with Crippen molar-refractivity contribution in [3.05, 3.63) is 277 Å². The van der Waals surface area contributed by atoms with E-state index in [2.05, 4.69) is 65.2 Å². The first-order valence-electron chi connectivity index (χ1n) is 40.5. The average molecular weight is 1920 g/mol. The Kier molecular flexibility index (Phi) is 31.8. The molecule has 4 saturated carbocycles. The van der Waals surface area contributed by atoms with Crippen LogP contribution in [-0.4, -0.2) is 90.2 Å². The number of hydrogen-bond acceptors (Lipinski definition) is 15. The lowest BCUT2D eigenvalue weighted by Crippen LogP contribution is -2.39. The first kappa shape index (κ1) is 90.2. The van der Waals surface area contributed by atoms with E-state index in [9.17, 15) is 43.3 Å². The van der Waals surface area contributed by atoms with Crippen molar-refractivity contribution in [2.24, 2.45) is 23.7 Å². The molecule has 4 fully saturated rings. The Morgan fingerprint density at radius 3 is 1.14 bits per heavy atom. The van der Waals surface area contributed by atoms with Crippen LogP contribution in [0.5, 0.6) is 46.0 Å². The van der Waals surface area contributed by atoms with Gasteiger partial charge in [0.2, 0.25) is 0 Å². The number of halogens is 9. The van der Waals surface area contributed by atoms with Crippen LogP contribution in [0.15, 0.2) is 179 Å². The molecule has 10 aromatic rings. The van der Waals surface area contributed by atoms with Crippen LogP contribution in [0.2, 0.25) is 20.1 Å². The number of carboxylic acids is 1. The van der Waals surface area contributed by atoms with E-state index in [0.29, 0.717) is 132 Å². The molecule has 0 saturated heterocycles. The van der Waals surface area contributed by atoms with E-state index in [1.54, 1.807) is 60.7 Å². The number of rotatable bonds is 28. The normalized spacial score (nSPS) is 17.5. The van der Waals surface area contributed by atoms with E-state index < -0.39 is 18.6 Å². The van der Waals surface area contributed by atoms with Crippen molar-refractivity contribution in [3.63, 3.8) is 0 Å². The number of phenolic OH excluding ortho intramolecular Hbond substituents is 1. The Labute approximate surface area is 747 Å². The highest BCUT2D eigenvalue weighted by molar-refractivity contribution is 9.11. The molecule has 0 radical (unpaired) electrons. The highest BCUT2D eigenvalue weighted by Gasteiger charge is 2.34. The molecular formula is C96H92Br3Cl4F2NO15. The molecule has 0 bridgehead atoms. The second-order valence-corrected chi connectivity index (χ2v) is 34.9. The molecule has 18 rings (SSSR count). The van der Waals surface area contributed by atoms with Crippen molar-refractivity contribution >= 4 is 119 Å². The number of aliphatic hydroxyl groups excluding tert-OH is 2. The third-order valence-corrected chi connectivity index (χ3v) is 25.9. The smallest absolute Gasteiger partial charge is 0.323 e. The summed E-state index contributed by atoms with van der Waals surface area (Å²) in [6.07, 6.45) is 18.1. The Bertz CT molecular complexity index is 5360. The number of aromatic hydroxyl groups is 1. The standard InChI is InChI=1S/C29H29ClFNO5.C26H22ClFO3.C20H18BrClO3.C16H12BrClO3.C4H7Br.CH4O/c30-23-12-18(14-32-25(15-33)29(34)35)27(36-16-17-8-9-17)13-28(23)37-26-11-10-20-19(5-3-6-22(20)26)21-4-1-2-7-24(21)31;27-22-12-17(14-29)25(30-15-16-8-9-16)13-26(22)31-24-11-10-19-18(5-3-6-21(19)24)20-4-1-2-7-23(20)28;21-16-3-1-2-15-14(16)6-7-18(15)25-20-9-19(24-11-12-4-5-12)13(10-23)8-17(20)22;17-12-3-1-2-11-10(12)4-5-15(11)21-16-7-14(20)9(8-19)6-13(16)18;5-3-4-1-2-4;1-2/h1-7,12-13,17,25-26,32-33H,8-11,14-16H2,(H,34,35);1-7,12-14,16,24H,8-11,15H2;1-3,8-10,12,18H,4-7,11H2;1-3,6-8,15,20H,4-5H2;4H,1-3H2;2H,1H3/t25-,26-;24-;18-;15-;;/m0000../s1. The molecule has 25 heteroatoms. The molecule has 8 aliphatic carbocycles. The highest BCUT2D eigenvalue weighted by Crippen LogP contribution is 2.49. The van der Waals surface area contributed by atoms with Gasteiger partial charge in [0.15, 0.2) is 18.9 Å². The summed E-state index contributed by atoms with van der Waals surface area (Å²) >= 11 is 36.0. The second kappa shape index (κ2) is 42.7. The number of hydrogen-bond donors (Lipinski definition) is 5. The third kappa shape index (κ3) is 23.3. The van der Waals surface area contributed by atoms with Crippen LogP contribution in [0.4, 0.5) is 8.78 Å². The van der Waals surface area contributed by atoms with Gasteiger partial charge in [0.1, 0.15) is 88.1 Å². The van der Waals surface area contributed by atoms with E-state index in [4.69, 9.17) is 84.7 Å². The molecule has 8 aliphatic rings. The number of fused-ring (bicyclic) bond motifs is 4. The van der Waals surface area contributed by atoms with Crippen LogP contribution >= 0.6 is 94.2 Å². The number of carbonyl (C=O) groups is 4.